The van der Waals surface area contributed by atoms with Crippen molar-refractivity contribution < 1.29 is 8.42 Å². The smallest absolute Gasteiger partial charge is 0.191 e. The lowest BCUT2D eigenvalue weighted by Gasteiger charge is -1.82. The second-order valence-corrected chi connectivity index (χ2v) is 4.42. The Labute approximate surface area is 85.5 Å². The Kier molecular flexibility index (Phi) is 5.56. The minimum absolute atomic E-state index is 0.847. The van der Waals surface area contributed by atoms with Gasteiger partial charge in [0.15, 0.2) is 9.84 Å². The van der Waals surface area contributed by atoms with E-state index in [9.17, 15) is 8.42 Å². The predicted molar refractivity (Wildman–Crippen MR) is 60.5 cm³/mol. The van der Waals surface area contributed by atoms with E-state index in [1.165, 1.54) is 5.56 Å². The number of aryl methyl sites for hydroxylation is 1. The van der Waals surface area contributed by atoms with Gasteiger partial charge in [0.25, 0.3) is 0 Å². The molecule has 0 N–H and O–H groups in total. The molecule has 0 radical (unpaired) electrons. The monoisotopic (exact) mass is 210 g/mol. The summed E-state index contributed by atoms with van der Waals surface area (Å²) in [6, 6.07) is 10.3. The maximum absolute atomic E-state index is 10.1. The summed E-state index contributed by atoms with van der Waals surface area (Å²) >= 11 is 0. The zero-order valence-electron chi connectivity index (χ0n) is 8.18. The van der Waals surface area contributed by atoms with E-state index in [4.69, 9.17) is 0 Å². The van der Waals surface area contributed by atoms with Gasteiger partial charge in [-0.25, -0.2) is 8.42 Å². The maximum Gasteiger partial charge on any atom is 0.191 e. The molecule has 0 aromatic heterocycles. The molecule has 76 valence electrons. The van der Waals surface area contributed by atoms with E-state index >= 15 is 0 Å². The molecule has 1 rings (SSSR count). The summed E-state index contributed by atoms with van der Waals surface area (Å²) in [7, 11) is -3.13. The molecule has 0 fully saturated rings. The van der Waals surface area contributed by atoms with Crippen molar-refractivity contribution in [1.82, 2.24) is 0 Å². The van der Waals surface area contributed by atoms with Crippen LogP contribution in [0.25, 0.3) is 0 Å². The lowest BCUT2D eigenvalue weighted by atomic mass is 10.2. The highest BCUT2D eigenvalue weighted by atomic mass is 32.2. The molecule has 0 aliphatic rings. The first-order chi connectivity index (χ1) is 6.52. The Morgan fingerprint density at radius 3 is 1.64 bits per heavy atom. The average molecular weight is 210 g/mol. The quantitative estimate of drug-likeness (QED) is 0.752. The Morgan fingerprint density at radius 2 is 1.50 bits per heavy atom. The van der Waals surface area contributed by atoms with Crippen LogP contribution in [-0.4, -0.2) is 8.42 Å². The zero-order chi connectivity index (χ0) is 11.0. The van der Waals surface area contributed by atoms with Crippen LogP contribution in [0.2, 0.25) is 0 Å². The topological polar surface area (TPSA) is 34.1 Å². The van der Waals surface area contributed by atoms with E-state index < -0.39 is 9.84 Å². The van der Waals surface area contributed by atoms with E-state index in [-0.39, 0.29) is 0 Å². The summed E-state index contributed by atoms with van der Waals surface area (Å²) in [5, 5.41) is 1.69. The van der Waals surface area contributed by atoms with Crippen LogP contribution >= 0.6 is 0 Å². The summed E-state index contributed by atoms with van der Waals surface area (Å²) in [4.78, 5) is 0. The number of benzene rings is 1. The molecule has 2 nitrogen and oxygen atoms in total. The summed E-state index contributed by atoms with van der Waals surface area (Å²) in [6.45, 7) is 8.17. The first kappa shape index (κ1) is 12.7. The van der Waals surface area contributed by atoms with Crippen LogP contribution in [0.5, 0.6) is 0 Å². The van der Waals surface area contributed by atoms with Crippen LogP contribution in [0.15, 0.2) is 54.3 Å². The number of hydrogen-bond donors (Lipinski definition) is 0. The normalized spacial score (nSPS) is 9.50. The number of rotatable bonds is 2. The fourth-order valence-corrected chi connectivity index (χ4v) is 0.739. The standard InChI is InChI=1S/C7H8.C4H6O2S/c1-7-5-3-2-4-6-7;1-3-7(5,6)4-2/h2-6H,1H3;3-4H,1-2H2. The maximum atomic E-state index is 10.1. The van der Waals surface area contributed by atoms with Crippen molar-refractivity contribution in [3.05, 3.63) is 59.9 Å². The van der Waals surface area contributed by atoms with E-state index in [2.05, 4.69) is 32.2 Å². The van der Waals surface area contributed by atoms with Crippen molar-refractivity contribution in [2.75, 3.05) is 0 Å². The van der Waals surface area contributed by atoms with E-state index in [0.717, 1.165) is 10.8 Å². The Balaban J connectivity index is 0.000000241. The van der Waals surface area contributed by atoms with E-state index in [1.807, 2.05) is 18.2 Å². The summed E-state index contributed by atoms with van der Waals surface area (Å²) in [5.74, 6) is 0. The third kappa shape index (κ3) is 6.20. The summed E-state index contributed by atoms with van der Waals surface area (Å²) in [5.41, 5.74) is 1.32. The Hall–Kier alpha value is -1.35. The SMILES string of the molecule is C=CS(=O)(=O)C=C.Cc1ccccc1. The van der Waals surface area contributed by atoms with Gasteiger partial charge in [-0.05, 0) is 6.92 Å². The number of sulfone groups is 1. The molecule has 1 aromatic carbocycles. The predicted octanol–water partition coefficient (Wildman–Crippen LogP) is 2.68. The zero-order valence-corrected chi connectivity index (χ0v) is 9.00. The molecule has 3 heteroatoms. The van der Waals surface area contributed by atoms with Crippen LogP contribution < -0.4 is 0 Å². The third-order valence-corrected chi connectivity index (χ3v) is 2.33. The lowest BCUT2D eigenvalue weighted by molar-refractivity contribution is 0.613. The molecular formula is C11H14O2S. The van der Waals surface area contributed by atoms with E-state index in [0.29, 0.717) is 0 Å². The lowest BCUT2D eigenvalue weighted by Crippen LogP contribution is -1.83. The molecule has 0 atom stereocenters. The summed E-state index contributed by atoms with van der Waals surface area (Å²) < 4.78 is 20.3. The van der Waals surface area contributed by atoms with Crippen molar-refractivity contribution in [1.29, 1.82) is 0 Å². The molecule has 0 aliphatic heterocycles. The second-order valence-electron chi connectivity index (χ2n) is 2.58. The second kappa shape index (κ2) is 6.16. The Bertz CT molecular complexity index is 363. The minimum atomic E-state index is -3.13. The fraction of sp³-hybridized carbons (Fsp3) is 0.0909. The first-order valence-corrected chi connectivity index (χ1v) is 5.64. The van der Waals surface area contributed by atoms with Gasteiger partial charge in [-0.2, -0.15) is 0 Å². The van der Waals surface area contributed by atoms with Gasteiger partial charge in [0.1, 0.15) is 0 Å². The molecule has 0 amide bonds. The van der Waals surface area contributed by atoms with Crippen LogP contribution in [-0.2, 0) is 9.84 Å². The third-order valence-electron chi connectivity index (χ3n) is 1.41. The van der Waals surface area contributed by atoms with Gasteiger partial charge in [-0.15, -0.1) is 0 Å². The molecular weight excluding hydrogens is 196 g/mol. The Morgan fingerprint density at radius 1 is 1.07 bits per heavy atom. The number of hydrogen-bond acceptors (Lipinski definition) is 2. The van der Waals surface area contributed by atoms with Crippen LogP contribution in [0, 0.1) is 6.92 Å². The molecule has 0 aliphatic carbocycles. The molecule has 14 heavy (non-hydrogen) atoms. The van der Waals surface area contributed by atoms with Crippen LogP contribution in [0.4, 0.5) is 0 Å². The van der Waals surface area contributed by atoms with Crippen molar-refractivity contribution in [3.8, 4) is 0 Å². The molecule has 1 aromatic rings. The highest BCUT2D eigenvalue weighted by molar-refractivity contribution is 7.97. The highest BCUT2D eigenvalue weighted by Crippen LogP contribution is 1.92. The molecule has 0 spiro atoms. The molecule has 0 heterocycles. The molecule has 0 saturated heterocycles. The van der Waals surface area contributed by atoms with Crippen LogP contribution in [0.1, 0.15) is 5.56 Å². The average Bonchev–Trinajstić information content (AvgIpc) is 2.20. The van der Waals surface area contributed by atoms with Crippen molar-refractivity contribution in [3.63, 3.8) is 0 Å². The van der Waals surface area contributed by atoms with Gasteiger partial charge in [-0.1, -0.05) is 49.1 Å². The van der Waals surface area contributed by atoms with Crippen molar-refractivity contribution in [2.45, 2.75) is 6.92 Å². The van der Waals surface area contributed by atoms with Gasteiger partial charge in [0, 0.05) is 10.8 Å². The molecule has 0 saturated carbocycles. The van der Waals surface area contributed by atoms with Crippen LogP contribution in [0.3, 0.4) is 0 Å². The van der Waals surface area contributed by atoms with E-state index in [1.54, 1.807) is 0 Å². The van der Waals surface area contributed by atoms with Gasteiger partial charge in [0.05, 0.1) is 0 Å². The van der Waals surface area contributed by atoms with Gasteiger partial charge in [-0.3, -0.25) is 0 Å². The largest absolute Gasteiger partial charge is 0.220 e. The van der Waals surface area contributed by atoms with Gasteiger partial charge >= 0.3 is 0 Å². The van der Waals surface area contributed by atoms with Crippen molar-refractivity contribution >= 4 is 9.84 Å². The van der Waals surface area contributed by atoms with Crippen molar-refractivity contribution in [2.24, 2.45) is 0 Å². The first-order valence-electron chi connectivity index (χ1n) is 4.03. The molecule has 0 unspecified atom stereocenters. The highest BCUT2D eigenvalue weighted by Gasteiger charge is 1.90. The fourth-order valence-electron chi connectivity index (χ4n) is 0.602. The van der Waals surface area contributed by atoms with Gasteiger partial charge in [0.2, 0.25) is 0 Å². The summed E-state index contributed by atoms with van der Waals surface area (Å²) in [6.07, 6.45) is 0. The minimum Gasteiger partial charge on any atom is -0.220 e. The molecule has 0 bridgehead atoms. The van der Waals surface area contributed by atoms with Gasteiger partial charge < -0.3 is 0 Å².